The molecular weight excluding hydrogens is 260 g/mol. The highest BCUT2D eigenvalue weighted by molar-refractivity contribution is 7.98. The Morgan fingerprint density at radius 1 is 1.28 bits per heavy atom. The molecular formula is C14H26N2S2. The summed E-state index contributed by atoms with van der Waals surface area (Å²) >= 11 is 3.88. The smallest absolute Gasteiger partial charge is 0.103 e. The minimum atomic E-state index is 0.527. The second-order valence-electron chi connectivity index (χ2n) is 5.26. The zero-order chi connectivity index (χ0) is 13.5. The van der Waals surface area contributed by atoms with Crippen LogP contribution >= 0.6 is 23.1 Å². The largest absolute Gasteiger partial charge is 0.312 e. The summed E-state index contributed by atoms with van der Waals surface area (Å²) in [5, 5.41) is 4.70. The van der Waals surface area contributed by atoms with Crippen LogP contribution in [-0.4, -0.2) is 17.3 Å². The van der Waals surface area contributed by atoms with Crippen LogP contribution in [0.5, 0.6) is 0 Å². The van der Waals surface area contributed by atoms with Crippen molar-refractivity contribution >= 4 is 23.1 Å². The number of hydrogen-bond acceptors (Lipinski definition) is 4. The summed E-state index contributed by atoms with van der Waals surface area (Å²) in [6, 6.07) is 0. The van der Waals surface area contributed by atoms with Gasteiger partial charge >= 0.3 is 0 Å². The van der Waals surface area contributed by atoms with Crippen LogP contribution < -0.4 is 5.32 Å². The summed E-state index contributed by atoms with van der Waals surface area (Å²) in [6.45, 7) is 13.1. The van der Waals surface area contributed by atoms with Crippen molar-refractivity contribution in [1.82, 2.24) is 10.3 Å². The lowest BCUT2D eigenvalue weighted by molar-refractivity contribution is 0.713. The van der Waals surface area contributed by atoms with Gasteiger partial charge in [-0.1, -0.05) is 34.6 Å². The molecule has 0 bridgehead atoms. The number of thiazole rings is 1. The first-order valence-corrected chi connectivity index (χ1v) is 8.78. The minimum absolute atomic E-state index is 0.527. The maximum absolute atomic E-state index is 4.82. The van der Waals surface area contributed by atoms with Crippen LogP contribution in [0.1, 0.15) is 56.1 Å². The van der Waals surface area contributed by atoms with E-state index in [1.54, 1.807) is 0 Å². The van der Waals surface area contributed by atoms with E-state index in [-0.39, 0.29) is 0 Å². The fourth-order valence-corrected chi connectivity index (χ4v) is 3.98. The number of aromatic nitrogens is 1. The van der Waals surface area contributed by atoms with Gasteiger partial charge in [0, 0.05) is 17.2 Å². The summed E-state index contributed by atoms with van der Waals surface area (Å²) in [5.41, 5.74) is 1.29. The van der Waals surface area contributed by atoms with E-state index in [0.29, 0.717) is 5.92 Å². The Balaban J connectivity index is 2.63. The fourth-order valence-electron chi connectivity index (χ4n) is 1.67. The summed E-state index contributed by atoms with van der Waals surface area (Å²) in [4.78, 5) is 6.24. The van der Waals surface area contributed by atoms with Crippen LogP contribution in [0.15, 0.2) is 0 Å². The summed E-state index contributed by atoms with van der Waals surface area (Å²) in [7, 11) is 0. The third-order valence-corrected chi connectivity index (χ3v) is 5.16. The van der Waals surface area contributed by atoms with Crippen LogP contribution in [0.4, 0.5) is 0 Å². The molecule has 1 aromatic heterocycles. The molecule has 1 heterocycles. The molecule has 0 spiro atoms. The van der Waals surface area contributed by atoms with E-state index in [0.717, 1.165) is 24.8 Å². The first kappa shape index (κ1) is 16.0. The number of nitrogens with one attached hydrogen (secondary N) is 1. The Kier molecular flexibility index (Phi) is 7.27. The minimum Gasteiger partial charge on any atom is -0.312 e. The molecule has 0 saturated carbocycles. The monoisotopic (exact) mass is 286 g/mol. The van der Waals surface area contributed by atoms with E-state index in [9.17, 15) is 0 Å². The molecule has 1 rings (SSSR count). The number of hydrogen-bond donors (Lipinski definition) is 1. The molecule has 2 nitrogen and oxygen atoms in total. The van der Waals surface area contributed by atoms with Crippen LogP contribution in [-0.2, 0) is 12.3 Å². The predicted octanol–water partition coefficient (Wildman–Crippen LogP) is 4.27. The fraction of sp³-hybridized carbons (Fsp3) is 0.786. The molecule has 0 aliphatic carbocycles. The van der Waals surface area contributed by atoms with Crippen molar-refractivity contribution in [3.05, 3.63) is 15.6 Å². The van der Waals surface area contributed by atoms with Gasteiger partial charge in [0.05, 0.1) is 5.69 Å². The molecule has 0 amide bonds. The molecule has 18 heavy (non-hydrogen) atoms. The molecule has 0 saturated heterocycles. The van der Waals surface area contributed by atoms with Crippen molar-refractivity contribution in [2.45, 2.75) is 52.8 Å². The Hall–Kier alpha value is -0.0600. The lowest BCUT2D eigenvalue weighted by atomic mass is 10.1. The van der Waals surface area contributed by atoms with Gasteiger partial charge in [-0.3, -0.25) is 0 Å². The standard InChI is InChI=1S/C14H26N2S2/c1-6-15-7-12-14(11(4)5)16-13(18-12)9-17-8-10(2)3/h10-11,15H,6-9H2,1-5H3. The maximum atomic E-state index is 4.82. The first-order valence-electron chi connectivity index (χ1n) is 6.81. The second kappa shape index (κ2) is 8.18. The van der Waals surface area contributed by atoms with Crippen molar-refractivity contribution in [3.63, 3.8) is 0 Å². The van der Waals surface area contributed by atoms with Gasteiger partial charge in [-0.05, 0) is 24.1 Å². The molecule has 0 aliphatic rings. The maximum Gasteiger partial charge on any atom is 0.103 e. The van der Waals surface area contributed by atoms with Gasteiger partial charge in [-0.2, -0.15) is 11.8 Å². The summed E-state index contributed by atoms with van der Waals surface area (Å²) in [5.74, 6) is 3.58. The molecule has 104 valence electrons. The molecule has 0 unspecified atom stereocenters. The van der Waals surface area contributed by atoms with E-state index in [1.807, 2.05) is 23.1 Å². The van der Waals surface area contributed by atoms with Crippen molar-refractivity contribution in [3.8, 4) is 0 Å². The number of rotatable bonds is 8. The molecule has 0 aromatic carbocycles. The lowest BCUT2D eigenvalue weighted by Crippen LogP contribution is -2.12. The Bertz CT molecular complexity index is 346. The van der Waals surface area contributed by atoms with Crippen molar-refractivity contribution in [1.29, 1.82) is 0 Å². The third-order valence-electron chi connectivity index (χ3n) is 2.53. The molecule has 1 aromatic rings. The number of nitrogens with zero attached hydrogens (tertiary/aromatic N) is 1. The Morgan fingerprint density at radius 2 is 2.00 bits per heavy atom. The third kappa shape index (κ3) is 5.29. The predicted molar refractivity (Wildman–Crippen MR) is 84.6 cm³/mol. The molecule has 1 N–H and O–H groups in total. The van der Waals surface area contributed by atoms with Gasteiger partial charge in [-0.15, -0.1) is 11.3 Å². The van der Waals surface area contributed by atoms with Gasteiger partial charge in [-0.25, -0.2) is 4.98 Å². The zero-order valence-corrected chi connectivity index (χ0v) is 13.9. The van der Waals surface area contributed by atoms with Gasteiger partial charge in [0.15, 0.2) is 0 Å². The molecule has 0 atom stereocenters. The van der Waals surface area contributed by atoms with Gasteiger partial charge in [0.1, 0.15) is 5.01 Å². The average molecular weight is 287 g/mol. The molecule has 4 heteroatoms. The van der Waals surface area contributed by atoms with E-state index < -0.39 is 0 Å². The van der Waals surface area contributed by atoms with E-state index in [4.69, 9.17) is 4.98 Å². The first-order chi connectivity index (χ1) is 8.54. The second-order valence-corrected chi connectivity index (χ2v) is 7.46. The van der Waals surface area contributed by atoms with E-state index in [1.165, 1.54) is 21.3 Å². The molecule has 0 radical (unpaired) electrons. The lowest BCUT2D eigenvalue weighted by Gasteiger charge is -2.04. The normalized spacial score (nSPS) is 11.7. The Morgan fingerprint density at radius 3 is 2.56 bits per heavy atom. The number of thioether (sulfide) groups is 1. The van der Waals surface area contributed by atoms with Crippen molar-refractivity contribution in [2.24, 2.45) is 5.92 Å². The van der Waals surface area contributed by atoms with Gasteiger partial charge < -0.3 is 5.32 Å². The summed E-state index contributed by atoms with van der Waals surface area (Å²) < 4.78 is 0. The molecule has 0 fully saturated rings. The van der Waals surface area contributed by atoms with Crippen LogP contribution in [0.2, 0.25) is 0 Å². The highest BCUT2D eigenvalue weighted by atomic mass is 32.2. The van der Waals surface area contributed by atoms with Gasteiger partial charge in [0.2, 0.25) is 0 Å². The van der Waals surface area contributed by atoms with E-state index in [2.05, 4.69) is 39.9 Å². The average Bonchev–Trinajstić information content (AvgIpc) is 2.69. The van der Waals surface area contributed by atoms with Crippen molar-refractivity contribution < 1.29 is 0 Å². The topological polar surface area (TPSA) is 24.9 Å². The summed E-state index contributed by atoms with van der Waals surface area (Å²) in [6.07, 6.45) is 0. The van der Waals surface area contributed by atoms with E-state index >= 15 is 0 Å². The SMILES string of the molecule is CCNCc1sc(CSCC(C)C)nc1C(C)C. The quantitative estimate of drug-likeness (QED) is 0.772. The van der Waals surface area contributed by atoms with Crippen LogP contribution in [0.25, 0.3) is 0 Å². The van der Waals surface area contributed by atoms with Crippen LogP contribution in [0.3, 0.4) is 0 Å². The van der Waals surface area contributed by atoms with Gasteiger partial charge in [0.25, 0.3) is 0 Å². The van der Waals surface area contributed by atoms with Crippen molar-refractivity contribution in [2.75, 3.05) is 12.3 Å². The highest BCUT2D eigenvalue weighted by Crippen LogP contribution is 2.28. The molecule has 0 aliphatic heterocycles. The zero-order valence-electron chi connectivity index (χ0n) is 12.2. The Labute approximate surface area is 120 Å². The highest BCUT2D eigenvalue weighted by Gasteiger charge is 2.13. The van der Waals surface area contributed by atoms with Crippen LogP contribution in [0, 0.1) is 5.92 Å².